The third-order valence-corrected chi connectivity index (χ3v) is 7.94. The van der Waals surface area contributed by atoms with Gasteiger partial charge in [0.1, 0.15) is 17.6 Å². The number of amides is 3. The molecule has 11 heteroatoms. The third-order valence-electron chi connectivity index (χ3n) is 7.20. The van der Waals surface area contributed by atoms with E-state index >= 15 is 0 Å². The number of fused-ring (bicyclic) bond motifs is 1. The van der Waals surface area contributed by atoms with Gasteiger partial charge in [-0.15, -0.1) is 0 Å². The number of urea groups is 1. The molecule has 0 spiro atoms. The van der Waals surface area contributed by atoms with Crippen molar-refractivity contribution in [3.63, 3.8) is 0 Å². The summed E-state index contributed by atoms with van der Waals surface area (Å²) in [5, 5.41) is 16.5. The predicted molar refractivity (Wildman–Crippen MR) is 166 cm³/mol. The Morgan fingerprint density at radius 3 is 2.45 bits per heavy atom. The van der Waals surface area contributed by atoms with Crippen LogP contribution < -0.4 is 20.1 Å². The fraction of sp³-hybridized carbons (Fsp3) is 0.355. The molecule has 0 fully saturated rings. The van der Waals surface area contributed by atoms with E-state index in [1.807, 2.05) is 33.0 Å². The van der Waals surface area contributed by atoms with Crippen molar-refractivity contribution in [2.24, 2.45) is 5.92 Å². The topological polar surface area (TPSA) is 103 Å². The van der Waals surface area contributed by atoms with E-state index in [2.05, 4.69) is 15.5 Å². The number of methoxy groups -OCH3 is 1. The van der Waals surface area contributed by atoms with Gasteiger partial charge in [-0.05, 0) is 74.1 Å². The average Bonchev–Trinajstić information content (AvgIpc) is 2.97. The number of hydrogen-bond acceptors (Lipinski definition) is 6. The standard InChI is InChI=1S/C31H36Cl2N4O5/c1-19-15-37(20(2)18-38)30(39)25-14-23(35-31(40)34-22-6-9-24(41-4)10-7-22)8-12-28(25)42-29(19)17-36(3)16-21-5-11-26(32)27(33)13-21/h5-14,19-20,29,38H,15-18H2,1-4H3,(H2,34,35,40)/t19-,20-,29+/m0/s1. The van der Waals surface area contributed by atoms with E-state index in [1.54, 1.807) is 60.5 Å². The summed E-state index contributed by atoms with van der Waals surface area (Å²) >= 11 is 12.3. The summed E-state index contributed by atoms with van der Waals surface area (Å²) in [5.74, 6) is 0.771. The molecule has 0 saturated carbocycles. The number of aliphatic hydroxyl groups is 1. The summed E-state index contributed by atoms with van der Waals surface area (Å²) in [7, 11) is 3.56. The molecular weight excluding hydrogens is 579 g/mol. The molecule has 3 amide bonds. The van der Waals surface area contributed by atoms with Crippen LogP contribution in [0.1, 0.15) is 29.8 Å². The number of ether oxygens (including phenoxy) is 2. The minimum absolute atomic E-state index is 0.0413. The van der Waals surface area contributed by atoms with E-state index in [1.165, 1.54) is 0 Å². The molecule has 0 aliphatic carbocycles. The average molecular weight is 616 g/mol. The number of likely N-dealkylation sites (N-methyl/N-ethyl adjacent to an activating group) is 1. The van der Waals surface area contributed by atoms with E-state index < -0.39 is 12.1 Å². The van der Waals surface area contributed by atoms with Crippen molar-refractivity contribution in [1.82, 2.24) is 9.80 Å². The predicted octanol–water partition coefficient (Wildman–Crippen LogP) is 6.00. The Labute approximate surface area is 256 Å². The Kier molecular flexibility index (Phi) is 10.6. The third kappa shape index (κ3) is 7.86. The monoisotopic (exact) mass is 614 g/mol. The molecular formula is C31H36Cl2N4O5. The lowest BCUT2D eigenvalue weighted by Gasteiger charge is -2.38. The number of rotatable bonds is 9. The SMILES string of the molecule is COc1ccc(NC(=O)Nc2ccc3c(c2)C(=O)N([C@@H](C)CO)C[C@H](C)[C@@H](CN(C)Cc2ccc(Cl)c(Cl)c2)O3)cc1. The van der Waals surface area contributed by atoms with Crippen molar-refractivity contribution >= 4 is 46.5 Å². The zero-order chi connectivity index (χ0) is 30.4. The zero-order valence-electron chi connectivity index (χ0n) is 24.1. The minimum Gasteiger partial charge on any atom is -0.497 e. The van der Waals surface area contributed by atoms with Gasteiger partial charge < -0.3 is 30.1 Å². The first-order valence-corrected chi connectivity index (χ1v) is 14.4. The van der Waals surface area contributed by atoms with Gasteiger partial charge in [-0.2, -0.15) is 0 Å². The van der Waals surface area contributed by atoms with Gasteiger partial charge in [0.05, 0.1) is 35.4 Å². The zero-order valence-corrected chi connectivity index (χ0v) is 25.6. The van der Waals surface area contributed by atoms with Crippen LogP contribution in [0.2, 0.25) is 10.0 Å². The first-order chi connectivity index (χ1) is 20.1. The maximum absolute atomic E-state index is 13.7. The van der Waals surface area contributed by atoms with Crippen LogP contribution in [0.5, 0.6) is 11.5 Å². The molecule has 0 bridgehead atoms. The lowest BCUT2D eigenvalue weighted by molar-refractivity contribution is 0.0341. The molecule has 4 rings (SSSR count). The van der Waals surface area contributed by atoms with E-state index in [9.17, 15) is 14.7 Å². The molecule has 1 aliphatic heterocycles. The van der Waals surface area contributed by atoms with Crippen molar-refractivity contribution in [3.05, 3.63) is 81.8 Å². The first-order valence-electron chi connectivity index (χ1n) is 13.6. The molecule has 0 unspecified atom stereocenters. The molecule has 42 heavy (non-hydrogen) atoms. The smallest absolute Gasteiger partial charge is 0.323 e. The Hall–Kier alpha value is -3.50. The highest BCUT2D eigenvalue weighted by Crippen LogP contribution is 2.31. The molecule has 3 atom stereocenters. The fourth-order valence-electron chi connectivity index (χ4n) is 4.81. The van der Waals surface area contributed by atoms with E-state index in [0.29, 0.717) is 58.1 Å². The summed E-state index contributed by atoms with van der Waals surface area (Å²) in [4.78, 5) is 30.2. The fourth-order valence-corrected chi connectivity index (χ4v) is 5.13. The molecule has 3 aromatic carbocycles. The van der Waals surface area contributed by atoms with Crippen molar-refractivity contribution < 1.29 is 24.2 Å². The number of benzene rings is 3. The van der Waals surface area contributed by atoms with Gasteiger partial charge in [-0.3, -0.25) is 9.69 Å². The second-order valence-electron chi connectivity index (χ2n) is 10.6. The number of hydrogen-bond donors (Lipinski definition) is 3. The number of anilines is 2. The molecule has 0 aromatic heterocycles. The van der Waals surface area contributed by atoms with Gasteiger partial charge >= 0.3 is 6.03 Å². The second kappa shape index (κ2) is 14.1. The summed E-state index contributed by atoms with van der Waals surface area (Å²) in [6.07, 6.45) is -0.268. The molecule has 1 aliphatic rings. The van der Waals surface area contributed by atoms with Crippen LogP contribution in [0, 0.1) is 5.92 Å². The van der Waals surface area contributed by atoms with Crippen LogP contribution in [-0.2, 0) is 6.54 Å². The highest BCUT2D eigenvalue weighted by Gasteiger charge is 2.33. The molecule has 9 nitrogen and oxygen atoms in total. The maximum Gasteiger partial charge on any atom is 0.323 e. The minimum atomic E-state index is -0.463. The number of nitrogens with zero attached hydrogens (tertiary/aromatic N) is 2. The first kappa shape index (κ1) is 31.4. The lowest BCUT2D eigenvalue weighted by atomic mass is 9.99. The molecule has 0 saturated heterocycles. The summed E-state index contributed by atoms with van der Waals surface area (Å²) in [6, 6.07) is 16.6. The number of aliphatic hydroxyl groups excluding tert-OH is 1. The maximum atomic E-state index is 13.7. The molecule has 224 valence electrons. The lowest BCUT2D eigenvalue weighted by Crippen LogP contribution is -2.49. The Balaban J connectivity index is 1.54. The second-order valence-corrected chi connectivity index (χ2v) is 11.4. The summed E-state index contributed by atoms with van der Waals surface area (Å²) in [5.41, 5.74) is 2.33. The van der Waals surface area contributed by atoms with Gasteiger partial charge in [0.15, 0.2) is 0 Å². The normalized spacial score (nSPS) is 17.5. The summed E-state index contributed by atoms with van der Waals surface area (Å²) in [6.45, 7) is 5.24. The number of halogens is 2. The Morgan fingerprint density at radius 1 is 1.10 bits per heavy atom. The number of carbonyl (C=O) groups excluding carboxylic acids is 2. The number of nitrogens with one attached hydrogen (secondary N) is 2. The highest BCUT2D eigenvalue weighted by atomic mass is 35.5. The van der Waals surface area contributed by atoms with Crippen LogP contribution in [0.25, 0.3) is 0 Å². The van der Waals surface area contributed by atoms with Crippen molar-refractivity contribution in [2.45, 2.75) is 32.5 Å². The van der Waals surface area contributed by atoms with Crippen LogP contribution in [0.4, 0.5) is 16.2 Å². The van der Waals surface area contributed by atoms with Crippen LogP contribution in [0.15, 0.2) is 60.7 Å². The molecule has 3 aromatic rings. The van der Waals surface area contributed by atoms with E-state index in [0.717, 1.165) is 5.56 Å². The van der Waals surface area contributed by atoms with Crippen molar-refractivity contribution in [1.29, 1.82) is 0 Å². The quantitative estimate of drug-likeness (QED) is 0.273. The van der Waals surface area contributed by atoms with Gasteiger partial charge in [0.25, 0.3) is 5.91 Å². The number of carbonyl (C=O) groups is 2. The van der Waals surface area contributed by atoms with Gasteiger partial charge in [-0.25, -0.2) is 4.79 Å². The van der Waals surface area contributed by atoms with Crippen molar-refractivity contribution in [2.75, 3.05) is 44.5 Å². The Bertz CT molecular complexity index is 1400. The van der Waals surface area contributed by atoms with E-state index in [-0.39, 0.29) is 24.5 Å². The van der Waals surface area contributed by atoms with Gasteiger partial charge in [-0.1, -0.05) is 36.2 Å². The van der Waals surface area contributed by atoms with Crippen LogP contribution in [-0.4, -0.2) is 72.8 Å². The molecule has 0 radical (unpaired) electrons. The summed E-state index contributed by atoms with van der Waals surface area (Å²) < 4.78 is 11.6. The van der Waals surface area contributed by atoms with Gasteiger partial charge in [0, 0.05) is 36.9 Å². The van der Waals surface area contributed by atoms with Crippen LogP contribution >= 0.6 is 23.2 Å². The van der Waals surface area contributed by atoms with E-state index in [4.69, 9.17) is 32.7 Å². The Morgan fingerprint density at radius 2 is 1.79 bits per heavy atom. The molecule has 3 N–H and O–H groups in total. The van der Waals surface area contributed by atoms with Gasteiger partial charge in [0.2, 0.25) is 0 Å². The highest BCUT2D eigenvalue weighted by molar-refractivity contribution is 6.42. The van der Waals surface area contributed by atoms with Crippen LogP contribution in [0.3, 0.4) is 0 Å². The largest absolute Gasteiger partial charge is 0.497 e. The van der Waals surface area contributed by atoms with Crippen molar-refractivity contribution in [3.8, 4) is 11.5 Å². The molecule has 1 heterocycles.